The molecule has 1 amide bonds. The van der Waals surface area contributed by atoms with Crippen molar-refractivity contribution >= 4 is 23.4 Å². The zero-order chi connectivity index (χ0) is 12.0. The lowest BCUT2D eigenvalue weighted by molar-refractivity contribution is -0.117. The number of hydrogen-bond acceptors (Lipinski definition) is 3. The molecule has 4 heteroatoms. The van der Waals surface area contributed by atoms with Gasteiger partial charge in [-0.25, -0.2) is 0 Å². The van der Waals surface area contributed by atoms with E-state index in [4.69, 9.17) is 0 Å². The molecular formula is C12H18N2OS. The van der Waals surface area contributed by atoms with Gasteiger partial charge in [0.05, 0.1) is 6.54 Å². The van der Waals surface area contributed by atoms with E-state index in [0.717, 1.165) is 11.4 Å². The van der Waals surface area contributed by atoms with E-state index in [9.17, 15) is 4.79 Å². The number of amides is 1. The first-order valence-corrected chi connectivity index (χ1v) is 6.31. The van der Waals surface area contributed by atoms with E-state index in [1.54, 1.807) is 30.8 Å². The van der Waals surface area contributed by atoms with E-state index in [0.29, 0.717) is 6.54 Å². The number of anilines is 1. The molecule has 0 aliphatic rings. The third-order valence-corrected chi connectivity index (χ3v) is 3.13. The first-order chi connectivity index (χ1) is 7.69. The zero-order valence-corrected chi connectivity index (χ0v) is 10.8. The minimum atomic E-state index is 0.0680. The van der Waals surface area contributed by atoms with Crippen LogP contribution in [0.25, 0.3) is 0 Å². The second-order valence-electron chi connectivity index (χ2n) is 3.41. The van der Waals surface area contributed by atoms with Crippen molar-refractivity contribution in [1.82, 2.24) is 5.32 Å². The normalized spacial score (nSPS) is 10.2. The van der Waals surface area contributed by atoms with Crippen LogP contribution >= 0.6 is 11.8 Å². The van der Waals surface area contributed by atoms with E-state index < -0.39 is 0 Å². The molecule has 0 spiro atoms. The summed E-state index contributed by atoms with van der Waals surface area (Å²) < 4.78 is 0. The average Bonchev–Trinajstić information content (AvgIpc) is 2.30. The Bertz CT molecular complexity index is 337. The molecule has 0 fully saturated rings. The van der Waals surface area contributed by atoms with Crippen molar-refractivity contribution in [3.63, 3.8) is 0 Å². The summed E-state index contributed by atoms with van der Waals surface area (Å²) in [6.07, 6.45) is 0. The average molecular weight is 238 g/mol. The molecule has 0 unspecified atom stereocenters. The Morgan fingerprint density at radius 3 is 2.50 bits per heavy atom. The number of rotatable bonds is 5. The van der Waals surface area contributed by atoms with Crippen LogP contribution in [0.3, 0.4) is 0 Å². The molecule has 0 saturated carbocycles. The van der Waals surface area contributed by atoms with Gasteiger partial charge in [-0.3, -0.25) is 4.79 Å². The molecule has 0 bridgehead atoms. The third-order valence-electron chi connectivity index (χ3n) is 2.24. The summed E-state index contributed by atoms with van der Waals surface area (Å²) in [4.78, 5) is 14.5. The summed E-state index contributed by atoms with van der Waals surface area (Å²) in [5.41, 5.74) is 0.931. The van der Waals surface area contributed by atoms with E-state index in [1.807, 2.05) is 24.3 Å². The van der Waals surface area contributed by atoms with Gasteiger partial charge in [0.2, 0.25) is 5.91 Å². The van der Waals surface area contributed by atoms with Crippen molar-refractivity contribution in [3.8, 4) is 0 Å². The van der Waals surface area contributed by atoms with Crippen LogP contribution in [0.15, 0.2) is 29.2 Å². The SMILES string of the molecule is CCSc1ccc(N(C)C(=O)CNC)cc1. The highest BCUT2D eigenvalue weighted by Gasteiger charge is 2.08. The van der Waals surface area contributed by atoms with Gasteiger partial charge in [0.25, 0.3) is 0 Å². The second kappa shape index (κ2) is 6.55. The number of likely N-dealkylation sites (N-methyl/N-ethyl adjacent to an activating group) is 2. The minimum Gasteiger partial charge on any atom is -0.314 e. The lowest BCUT2D eigenvalue weighted by Gasteiger charge is -2.17. The first kappa shape index (κ1) is 13.1. The summed E-state index contributed by atoms with van der Waals surface area (Å²) in [6, 6.07) is 8.05. The number of benzene rings is 1. The lowest BCUT2D eigenvalue weighted by Crippen LogP contribution is -2.33. The molecule has 88 valence electrons. The number of hydrogen-bond donors (Lipinski definition) is 1. The van der Waals surface area contributed by atoms with Crippen molar-refractivity contribution in [3.05, 3.63) is 24.3 Å². The fourth-order valence-corrected chi connectivity index (χ4v) is 2.01. The highest BCUT2D eigenvalue weighted by Crippen LogP contribution is 2.21. The fraction of sp³-hybridized carbons (Fsp3) is 0.417. The largest absolute Gasteiger partial charge is 0.314 e. The predicted octanol–water partition coefficient (Wildman–Crippen LogP) is 1.98. The van der Waals surface area contributed by atoms with Crippen LogP contribution in [0.5, 0.6) is 0 Å². The van der Waals surface area contributed by atoms with Gasteiger partial charge in [0, 0.05) is 17.6 Å². The molecular weight excluding hydrogens is 220 g/mol. The maximum absolute atomic E-state index is 11.6. The highest BCUT2D eigenvalue weighted by atomic mass is 32.2. The summed E-state index contributed by atoms with van der Waals surface area (Å²) in [5, 5.41) is 2.85. The Labute approximate surface area is 101 Å². The number of carbonyl (C=O) groups excluding carboxylic acids is 1. The summed E-state index contributed by atoms with van der Waals surface area (Å²) >= 11 is 1.80. The highest BCUT2D eigenvalue weighted by molar-refractivity contribution is 7.99. The van der Waals surface area contributed by atoms with Gasteiger partial charge in [0.15, 0.2) is 0 Å². The van der Waals surface area contributed by atoms with Crippen LogP contribution in [-0.4, -0.2) is 32.3 Å². The molecule has 0 aliphatic carbocycles. The molecule has 0 saturated heterocycles. The number of nitrogens with one attached hydrogen (secondary N) is 1. The Balaban J connectivity index is 2.69. The third kappa shape index (κ3) is 3.54. The first-order valence-electron chi connectivity index (χ1n) is 5.33. The van der Waals surface area contributed by atoms with Crippen molar-refractivity contribution in [1.29, 1.82) is 0 Å². The zero-order valence-electron chi connectivity index (χ0n) is 9.99. The van der Waals surface area contributed by atoms with Gasteiger partial charge in [0.1, 0.15) is 0 Å². The molecule has 0 atom stereocenters. The standard InChI is InChI=1S/C12H18N2OS/c1-4-16-11-7-5-10(6-8-11)14(3)12(15)9-13-2/h5-8,13H,4,9H2,1-3H3. The molecule has 0 aromatic heterocycles. The molecule has 0 radical (unpaired) electrons. The summed E-state index contributed by atoms with van der Waals surface area (Å²) in [5.74, 6) is 1.13. The topological polar surface area (TPSA) is 32.3 Å². The van der Waals surface area contributed by atoms with Gasteiger partial charge < -0.3 is 10.2 Å². The van der Waals surface area contributed by atoms with Gasteiger partial charge >= 0.3 is 0 Å². The van der Waals surface area contributed by atoms with Crippen molar-refractivity contribution < 1.29 is 4.79 Å². The van der Waals surface area contributed by atoms with Crippen molar-refractivity contribution in [2.24, 2.45) is 0 Å². The number of carbonyl (C=O) groups is 1. The van der Waals surface area contributed by atoms with Crippen LogP contribution in [0.4, 0.5) is 5.69 Å². The number of thioether (sulfide) groups is 1. The van der Waals surface area contributed by atoms with Crippen molar-refractivity contribution in [2.75, 3.05) is 31.3 Å². The Morgan fingerprint density at radius 2 is 2.00 bits per heavy atom. The predicted molar refractivity (Wildman–Crippen MR) is 70.2 cm³/mol. The molecule has 1 rings (SSSR count). The molecule has 1 aromatic carbocycles. The van der Waals surface area contributed by atoms with Gasteiger partial charge in [-0.2, -0.15) is 0 Å². The number of nitrogens with zero attached hydrogens (tertiary/aromatic N) is 1. The van der Waals surface area contributed by atoms with Gasteiger partial charge in [-0.15, -0.1) is 11.8 Å². The monoisotopic (exact) mass is 238 g/mol. The van der Waals surface area contributed by atoms with E-state index in [-0.39, 0.29) is 5.91 Å². The van der Waals surface area contributed by atoms with E-state index >= 15 is 0 Å². The molecule has 0 heterocycles. The van der Waals surface area contributed by atoms with Crippen molar-refractivity contribution in [2.45, 2.75) is 11.8 Å². The Morgan fingerprint density at radius 1 is 1.38 bits per heavy atom. The smallest absolute Gasteiger partial charge is 0.240 e. The quantitative estimate of drug-likeness (QED) is 0.796. The second-order valence-corrected chi connectivity index (χ2v) is 4.75. The lowest BCUT2D eigenvalue weighted by atomic mass is 10.3. The van der Waals surface area contributed by atoms with Gasteiger partial charge in [-0.1, -0.05) is 6.92 Å². The molecule has 0 aliphatic heterocycles. The van der Waals surface area contributed by atoms with E-state index in [1.165, 1.54) is 4.90 Å². The summed E-state index contributed by atoms with van der Waals surface area (Å²) in [7, 11) is 3.56. The minimum absolute atomic E-state index is 0.0680. The van der Waals surface area contributed by atoms with Crippen LogP contribution in [0.2, 0.25) is 0 Å². The van der Waals surface area contributed by atoms with Crippen LogP contribution in [0.1, 0.15) is 6.92 Å². The maximum atomic E-state index is 11.6. The van der Waals surface area contributed by atoms with E-state index in [2.05, 4.69) is 12.2 Å². The van der Waals surface area contributed by atoms with Crippen LogP contribution < -0.4 is 10.2 Å². The maximum Gasteiger partial charge on any atom is 0.240 e. The summed E-state index contributed by atoms with van der Waals surface area (Å²) in [6.45, 7) is 2.49. The Kier molecular flexibility index (Phi) is 5.35. The molecule has 3 nitrogen and oxygen atoms in total. The van der Waals surface area contributed by atoms with Gasteiger partial charge in [-0.05, 0) is 37.1 Å². The Hall–Kier alpha value is -1.00. The molecule has 1 aromatic rings. The fourth-order valence-electron chi connectivity index (χ4n) is 1.35. The molecule has 1 N–H and O–H groups in total. The van der Waals surface area contributed by atoms with Crippen LogP contribution in [-0.2, 0) is 4.79 Å². The molecule has 16 heavy (non-hydrogen) atoms. The van der Waals surface area contributed by atoms with Crippen LogP contribution in [0, 0.1) is 0 Å².